The molecule has 0 aliphatic carbocycles. The Hall–Kier alpha value is -1.57. The third-order valence-corrected chi connectivity index (χ3v) is 3.06. The van der Waals surface area contributed by atoms with Crippen LogP contribution in [-0.2, 0) is 4.79 Å². The molecular formula is C14H17NO. The summed E-state index contributed by atoms with van der Waals surface area (Å²) in [7, 11) is 0. The van der Waals surface area contributed by atoms with E-state index in [1.54, 1.807) is 6.08 Å². The largest absolute Gasteiger partial charge is 0.344 e. The average molecular weight is 215 g/mol. The lowest BCUT2D eigenvalue weighted by Crippen LogP contribution is -2.37. The van der Waals surface area contributed by atoms with Crippen molar-refractivity contribution in [1.82, 2.24) is 5.32 Å². The van der Waals surface area contributed by atoms with Crippen molar-refractivity contribution in [2.45, 2.75) is 33.2 Å². The normalized spacial score (nSPS) is 18.2. The molecule has 0 aromatic heterocycles. The number of carbonyl (C=O) groups is 1. The summed E-state index contributed by atoms with van der Waals surface area (Å²) in [5.74, 6) is -0.0000231. The molecule has 0 unspecified atom stereocenters. The quantitative estimate of drug-likeness (QED) is 0.766. The van der Waals surface area contributed by atoms with Crippen LogP contribution in [0.25, 0.3) is 5.57 Å². The SMILES string of the molecule is Cc1ccc(C2=CC(=O)NC2(C)C)c(C)c1. The van der Waals surface area contributed by atoms with Gasteiger partial charge in [0.05, 0.1) is 5.54 Å². The fourth-order valence-corrected chi connectivity index (χ4v) is 2.25. The average Bonchev–Trinajstić information content (AvgIpc) is 2.39. The molecule has 0 bridgehead atoms. The molecule has 16 heavy (non-hydrogen) atoms. The first-order chi connectivity index (χ1) is 7.40. The van der Waals surface area contributed by atoms with E-state index < -0.39 is 0 Å². The number of hydrogen-bond donors (Lipinski definition) is 1. The lowest BCUT2D eigenvalue weighted by Gasteiger charge is -2.24. The molecular weight excluding hydrogens is 198 g/mol. The van der Waals surface area contributed by atoms with E-state index in [1.165, 1.54) is 11.1 Å². The summed E-state index contributed by atoms with van der Waals surface area (Å²) in [4.78, 5) is 11.4. The molecule has 1 heterocycles. The maximum absolute atomic E-state index is 11.4. The van der Waals surface area contributed by atoms with E-state index >= 15 is 0 Å². The van der Waals surface area contributed by atoms with Crippen molar-refractivity contribution in [2.75, 3.05) is 0 Å². The number of amides is 1. The van der Waals surface area contributed by atoms with Gasteiger partial charge in [-0.15, -0.1) is 0 Å². The van der Waals surface area contributed by atoms with Gasteiger partial charge in [0.25, 0.3) is 0 Å². The van der Waals surface area contributed by atoms with Crippen molar-refractivity contribution in [3.05, 3.63) is 41.0 Å². The molecule has 0 fully saturated rings. The van der Waals surface area contributed by atoms with Gasteiger partial charge in [0, 0.05) is 6.08 Å². The van der Waals surface area contributed by atoms with E-state index in [4.69, 9.17) is 0 Å². The summed E-state index contributed by atoms with van der Waals surface area (Å²) in [5, 5.41) is 2.95. The Kier molecular flexibility index (Phi) is 2.38. The van der Waals surface area contributed by atoms with Crippen molar-refractivity contribution < 1.29 is 4.79 Å². The number of rotatable bonds is 1. The van der Waals surface area contributed by atoms with Gasteiger partial charge in [-0.1, -0.05) is 23.8 Å². The molecule has 1 aromatic carbocycles. The van der Waals surface area contributed by atoms with Crippen molar-refractivity contribution >= 4 is 11.5 Å². The molecule has 2 heteroatoms. The Balaban J connectivity index is 2.53. The van der Waals surface area contributed by atoms with Gasteiger partial charge in [-0.05, 0) is 44.4 Å². The van der Waals surface area contributed by atoms with Crippen molar-refractivity contribution in [2.24, 2.45) is 0 Å². The fraction of sp³-hybridized carbons (Fsp3) is 0.357. The maximum Gasteiger partial charge on any atom is 0.245 e. The Morgan fingerprint density at radius 2 is 1.88 bits per heavy atom. The van der Waals surface area contributed by atoms with Crippen LogP contribution in [0.15, 0.2) is 24.3 Å². The summed E-state index contributed by atoms with van der Waals surface area (Å²) in [6, 6.07) is 6.33. The van der Waals surface area contributed by atoms with Crippen LogP contribution in [0.4, 0.5) is 0 Å². The number of hydrogen-bond acceptors (Lipinski definition) is 1. The molecule has 1 amide bonds. The molecule has 0 atom stereocenters. The number of benzene rings is 1. The molecule has 0 saturated carbocycles. The monoisotopic (exact) mass is 215 g/mol. The highest BCUT2D eigenvalue weighted by Gasteiger charge is 2.32. The van der Waals surface area contributed by atoms with Gasteiger partial charge in [-0.25, -0.2) is 0 Å². The van der Waals surface area contributed by atoms with Gasteiger partial charge in [0.1, 0.15) is 0 Å². The van der Waals surface area contributed by atoms with Gasteiger partial charge in [-0.3, -0.25) is 4.79 Å². The fourth-order valence-electron chi connectivity index (χ4n) is 2.25. The van der Waals surface area contributed by atoms with E-state index in [0.29, 0.717) is 0 Å². The second-order valence-electron chi connectivity index (χ2n) is 4.99. The molecule has 2 rings (SSSR count). The van der Waals surface area contributed by atoms with Gasteiger partial charge in [-0.2, -0.15) is 0 Å². The second-order valence-corrected chi connectivity index (χ2v) is 4.99. The Morgan fingerprint density at radius 1 is 1.19 bits per heavy atom. The van der Waals surface area contributed by atoms with Crippen LogP contribution in [0.2, 0.25) is 0 Å². The topological polar surface area (TPSA) is 29.1 Å². The predicted octanol–water partition coefficient (Wildman–Crippen LogP) is 2.60. The minimum atomic E-state index is -0.267. The first kappa shape index (κ1) is 10.9. The smallest absolute Gasteiger partial charge is 0.245 e. The van der Waals surface area contributed by atoms with Crippen molar-refractivity contribution in [3.63, 3.8) is 0 Å². The molecule has 0 spiro atoms. The van der Waals surface area contributed by atoms with Crippen LogP contribution in [0, 0.1) is 13.8 Å². The molecule has 0 radical (unpaired) electrons. The van der Waals surface area contributed by atoms with E-state index in [0.717, 1.165) is 11.1 Å². The Labute approximate surface area is 96.4 Å². The number of aryl methyl sites for hydroxylation is 2. The van der Waals surface area contributed by atoms with E-state index in [2.05, 4.69) is 37.4 Å². The Morgan fingerprint density at radius 3 is 2.38 bits per heavy atom. The highest BCUT2D eigenvalue weighted by atomic mass is 16.1. The van der Waals surface area contributed by atoms with E-state index in [-0.39, 0.29) is 11.4 Å². The van der Waals surface area contributed by atoms with Crippen LogP contribution in [0.3, 0.4) is 0 Å². The molecule has 84 valence electrons. The second kappa shape index (κ2) is 3.48. The predicted molar refractivity (Wildman–Crippen MR) is 66.1 cm³/mol. The first-order valence-corrected chi connectivity index (χ1v) is 5.52. The molecule has 0 saturated heterocycles. The highest BCUT2D eigenvalue weighted by Crippen LogP contribution is 2.32. The molecule has 1 aliphatic rings. The van der Waals surface area contributed by atoms with Crippen molar-refractivity contribution in [1.29, 1.82) is 0 Å². The third kappa shape index (κ3) is 1.75. The van der Waals surface area contributed by atoms with Gasteiger partial charge in [0.15, 0.2) is 0 Å². The lowest BCUT2D eigenvalue weighted by atomic mass is 9.87. The first-order valence-electron chi connectivity index (χ1n) is 5.52. The van der Waals surface area contributed by atoms with Gasteiger partial charge < -0.3 is 5.32 Å². The summed E-state index contributed by atoms with van der Waals surface area (Å²) in [5.41, 5.74) is 4.44. The standard InChI is InChI=1S/C14H17NO/c1-9-5-6-11(10(2)7-9)12-8-13(16)15-14(12,3)4/h5-8H,1-4H3,(H,15,16). The van der Waals surface area contributed by atoms with Crippen LogP contribution >= 0.6 is 0 Å². The van der Waals surface area contributed by atoms with E-state index in [9.17, 15) is 4.79 Å². The van der Waals surface area contributed by atoms with Crippen molar-refractivity contribution in [3.8, 4) is 0 Å². The summed E-state index contributed by atoms with van der Waals surface area (Å²) < 4.78 is 0. The minimum absolute atomic E-state index is 0.0000231. The molecule has 2 nitrogen and oxygen atoms in total. The van der Waals surface area contributed by atoms with Crippen LogP contribution < -0.4 is 5.32 Å². The summed E-state index contributed by atoms with van der Waals surface area (Å²) in [6.07, 6.45) is 1.71. The highest BCUT2D eigenvalue weighted by molar-refractivity contribution is 6.03. The Bertz CT molecular complexity index is 484. The van der Waals surface area contributed by atoms with Gasteiger partial charge in [0.2, 0.25) is 5.91 Å². The molecule has 1 aliphatic heterocycles. The van der Waals surface area contributed by atoms with Crippen LogP contribution in [0.1, 0.15) is 30.5 Å². The lowest BCUT2D eigenvalue weighted by molar-refractivity contribution is -0.116. The van der Waals surface area contributed by atoms with Gasteiger partial charge >= 0.3 is 0 Å². The summed E-state index contributed by atoms with van der Waals surface area (Å²) in [6.45, 7) is 8.22. The van der Waals surface area contributed by atoms with Crippen LogP contribution in [0.5, 0.6) is 0 Å². The molecule has 1 aromatic rings. The maximum atomic E-state index is 11.4. The zero-order chi connectivity index (χ0) is 11.9. The zero-order valence-corrected chi connectivity index (χ0v) is 10.2. The zero-order valence-electron chi connectivity index (χ0n) is 10.2. The minimum Gasteiger partial charge on any atom is -0.344 e. The number of nitrogens with one attached hydrogen (secondary N) is 1. The molecule has 1 N–H and O–H groups in total. The summed E-state index contributed by atoms with van der Waals surface area (Å²) >= 11 is 0. The third-order valence-electron chi connectivity index (χ3n) is 3.06. The van der Waals surface area contributed by atoms with Crippen LogP contribution in [-0.4, -0.2) is 11.4 Å². The number of carbonyl (C=O) groups excluding carboxylic acids is 1. The van der Waals surface area contributed by atoms with E-state index in [1.807, 2.05) is 13.8 Å².